The van der Waals surface area contributed by atoms with Crippen LogP contribution < -0.4 is 4.74 Å². The quantitative estimate of drug-likeness (QED) is 0.777. The van der Waals surface area contributed by atoms with Gasteiger partial charge in [0.25, 0.3) is 0 Å². The fraction of sp³-hybridized carbons (Fsp3) is 0.188. The molecule has 0 heterocycles. The molecule has 0 amide bonds. The molecule has 0 saturated heterocycles. The smallest absolute Gasteiger partial charge is 0.123 e. The van der Waals surface area contributed by atoms with Gasteiger partial charge in [0.1, 0.15) is 11.6 Å². The van der Waals surface area contributed by atoms with Crippen molar-refractivity contribution in [2.75, 3.05) is 7.11 Å². The molecular formula is C16H12FNO. The van der Waals surface area contributed by atoms with Crippen LogP contribution in [0, 0.1) is 17.1 Å². The zero-order chi connectivity index (χ0) is 13.4. The third-order valence-corrected chi connectivity index (χ3v) is 3.57. The third-order valence-electron chi connectivity index (χ3n) is 3.57. The lowest BCUT2D eigenvalue weighted by atomic mass is 9.79. The van der Waals surface area contributed by atoms with Crippen molar-refractivity contribution in [3.63, 3.8) is 0 Å². The van der Waals surface area contributed by atoms with Gasteiger partial charge >= 0.3 is 0 Å². The summed E-state index contributed by atoms with van der Waals surface area (Å²) >= 11 is 0. The van der Waals surface area contributed by atoms with E-state index in [4.69, 9.17) is 4.74 Å². The van der Waals surface area contributed by atoms with Gasteiger partial charge < -0.3 is 4.74 Å². The Bertz CT molecular complexity index is 688. The van der Waals surface area contributed by atoms with Crippen molar-refractivity contribution in [3.8, 4) is 22.9 Å². The first-order chi connectivity index (χ1) is 9.22. The van der Waals surface area contributed by atoms with E-state index in [0.29, 0.717) is 6.42 Å². The topological polar surface area (TPSA) is 33.0 Å². The lowest BCUT2D eigenvalue weighted by Gasteiger charge is -2.24. The molecule has 0 aliphatic heterocycles. The molecule has 1 aliphatic carbocycles. The highest BCUT2D eigenvalue weighted by molar-refractivity contribution is 5.75. The average Bonchev–Trinajstić information content (AvgIpc) is 2.45. The average molecular weight is 253 g/mol. The molecule has 0 aromatic heterocycles. The van der Waals surface area contributed by atoms with Crippen LogP contribution in [0.15, 0.2) is 36.4 Å². The molecule has 1 unspecified atom stereocenters. The Hall–Kier alpha value is -2.34. The van der Waals surface area contributed by atoms with E-state index in [0.717, 1.165) is 28.0 Å². The molecule has 0 fully saturated rings. The third kappa shape index (κ3) is 1.86. The van der Waals surface area contributed by atoms with Gasteiger partial charge in [-0.1, -0.05) is 12.1 Å². The van der Waals surface area contributed by atoms with Crippen molar-refractivity contribution in [1.82, 2.24) is 0 Å². The molecule has 1 aliphatic rings. The summed E-state index contributed by atoms with van der Waals surface area (Å²) in [5, 5.41) is 9.28. The van der Waals surface area contributed by atoms with Crippen LogP contribution in [0.3, 0.4) is 0 Å². The first-order valence-corrected chi connectivity index (χ1v) is 6.09. The van der Waals surface area contributed by atoms with E-state index in [1.54, 1.807) is 13.2 Å². The number of halogens is 1. The van der Waals surface area contributed by atoms with Crippen LogP contribution in [-0.2, 0) is 6.42 Å². The van der Waals surface area contributed by atoms with Gasteiger partial charge in [-0.05, 0) is 52.9 Å². The molecule has 2 nitrogen and oxygen atoms in total. The summed E-state index contributed by atoms with van der Waals surface area (Å²) in [5.74, 6) is 0.254. The van der Waals surface area contributed by atoms with Gasteiger partial charge in [-0.25, -0.2) is 4.39 Å². The van der Waals surface area contributed by atoms with Gasteiger partial charge in [0, 0.05) is 0 Å². The van der Waals surface area contributed by atoms with E-state index in [1.807, 2.05) is 18.2 Å². The van der Waals surface area contributed by atoms with E-state index in [9.17, 15) is 9.65 Å². The van der Waals surface area contributed by atoms with Crippen molar-refractivity contribution in [3.05, 3.63) is 53.3 Å². The minimum absolute atomic E-state index is 0.227. The zero-order valence-corrected chi connectivity index (χ0v) is 10.5. The van der Waals surface area contributed by atoms with Crippen LogP contribution in [0.25, 0.3) is 11.1 Å². The van der Waals surface area contributed by atoms with Crippen molar-refractivity contribution >= 4 is 0 Å². The largest absolute Gasteiger partial charge is 0.497 e. The summed E-state index contributed by atoms with van der Waals surface area (Å²) < 4.78 is 18.7. The van der Waals surface area contributed by atoms with Gasteiger partial charge in [-0.2, -0.15) is 5.26 Å². The number of nitriles is 1. The van der Waals surface area contributed by atoms with E-state index >= 15 is 0 Å². The van der Waals surface area contributed by atoms with Crippen LogP contribution in [0.2, 0.25) is 0 Å². The SMILES string of the molecule is COc1ccc2c(c1)CC(C#N)c1ccc(F)cc1-2. The maximum Gasteiger partial charge on any atom is 0.123 e. The molecule has 3 heteroatoms. The van der Waals surface area contributed by atoms with E-state index in [1.165, 1.54) is 12.1 Å². The van der Waals surface area contributed by atoms with Gasteiger partial charge in [0.05, 0.1) is 19.1 Å². The number of hydrogen-bond acceptors (Lipinski definition) is 2. The molecule has 2 aromatic rings. The van der Waals surface area contributed by atoms with Crippen molar-refractivity contribution in [2.45, 2.75) is 12.3 Å². The molecule has 0 spiro atoms. The summed E-state index contributed by atoms with van der Waals surface area (Å²) in [4.78, 5) is 0. The first kappa shape index (κ1) is 11.7. The molecule has 0 N–H and O–H groups in total. The number of hydrogen-bond donors (Lipinski definition) is 0. The van der Waals surface area contributed by atoms with E-state index < -0.39 is 0 Å². The highest BCUT2D eigenvalue weighted by Crippen LogP contribution is 2.40. The summed E-state index contributed by atoms with van der Waals surface area (Å²) in [7, 11) is 1.61. The Morgan fingerprint density at radius 1 is 1.21 bits per heavy atom. The molecule has 3 rings (SSSR count). The molecule has 19 heavy (non-hydrogen) atoms. The standard InChI is InChI=1S/C16H12FNO/c1-19-13-3-5-14-10(7-13)6-11(9-18)15-4-2-12(17)8-16(14)15/h2-5,7-8,11H,6H2,1H3. The number of methoxy groups -OCH3 is 1. The minimum Gasteiger partial charge on any atom is -0.497 e. The molecule has 2 aromatic carbocycles. The predicted octanol–water partition coefficient (Wildman–Crippen LogP) is 3.66. The lowest BCUT2D eigenvalue weighted by molar-refractivity contribution is 0.414. The maximum atomic E-state index is 13.5. The Balaban J connectivity index is 2.24. The fourth-order valence-corrected chi connectivity index (χ4v) is 2.64. The van der Waals surface area contributed by atoms with Crippen molar-refractivity contribution in [2.24, 2.45) is 0 Å². The second kappa shape index (κ2) is 4.40. The summed E-state index contributed by atoms with van der Waals surface area (Å²) in [6.07, 6.45) is 0.641. The van der Waals surface area contributed by atoms with Gasteiger partial charge in [0.2, 0.25) is 0 Å². The van der Waals surface area contributed by atoms with Crippen LogP contribution in [0.4, 0.5) is 4.39 Å². The second-order valence-corrected chi connectivity index (χ2v) is 4.64. The van der Waals surface area contributed by atoms with Crippen LogP contribution in [-0.4, -0.2) is 7.11 Å². The molecule has 0 radical (unpaired) electrons. The number of ether oxygens (including phenoxy) is 1. The van der Waals surface area contributed by atoms with Gasteiger partial charge in [-0.3, -0.25) is 0 Å². The molecular weight excluding hydrogens is 241 g/mol. The van der Waals surface area contributed by atoms with Crippen molar-refractivity contribution < 1.29 is 9.13 Å². The monoisotopic (exact) mass is 253 g/mol. The summed E-state index contributed by atoms with van der Waals surface area (Å²) in [5.41, 5.74) is 3.74. The molecule has 94 valence electrons. The molecule has 0 bridgehead atoms. The fourth-order valence-electron chi connectivity index (χ4n) is 2.64. The van der Waals surface area contributed by atoms with E-state index in [2.05, 4.69) is 6.07 Å². The van der Waals surface area contributed by atoms with Gasteiger partial charge in [-0.15, -0.1) is 0 Å². The summed E-state index contributed by atoms with van der Waals surface area (Å²) in [6.45, 7) is 0. The highest BCUT2D eigenvalue weighted by Gasteiger charge is 2.25. The summed E-state index contributed by atoms with van der Waals surface area (Å²) in [6, 6.07) is 12.6. The maximum absolute atomic E-state index is 13.5. The number of fused-ring (bicyclic) bond motifs is 3. The van der Waals surface area contributed by atoms with Gasteiger partial charge in [0.15, 0.2) is 0 Å². The Morgan fingerprint density at radius 3 is 2.79 bits per heavy atom. The number of rotatable bonds is 1. The minimum atomic E-state index is -0.279. The number of benzene rings is 2. The first-order valence-electron chi connectivity index (χ1n) is 6.09. The Kier molecular flexibility index (Phi) is 2.72. The van der Waals surface area contributed by atoms with Crippen LogP contribution >= 0.6 is 0 Å². The second-order valence-electron chi connectivity index (χ2n) is 4.64. The van der Waals surface area contributed by atoms with Crippen molar-refractivity contribution in [1.29, 1.82) is 5.26 Å². The lowest BCUT2D eigenvalue weighted by Crippen LogP contribution is -2.10. The number of nitrogens with zero attached hydrogens (tertiary/aromatic N) is 1. The van der Waals surface area contributed by atoms with Crippen LogP contribution in [0.5, 0.6) is 5.75 Å². The molecule has 0 saturated carbocycles. The Morgan fingerprint density at radius 2 is 2.05 bits per heavy atom. The van der Waals surface area contributed by atoms with E-state index in [-0.39, 0.29) is 11.7 Å². The Labute approximate surface area is 111 Å². The highest BCUT2D eigenvalue weighted by atomic mass is 19.1. The zero-order valence-electron chi connectivity index (χ0n) is 10.5. The predicted molar refractivity (Wildman–Crippen MR) is 70.4 cm³/mol. The van der Waals surface area contributed by atoms with Crippen LogP contribution in [0.1, 0.15) is 17.0 Å². The normalized spacial score (nSPS) is 16.2. The molecule has 1 atom stereocenters.